The molecule has 2 aliphatic carbocycles. The third kappa shape index (κ3) is 7.00. The van der Waals surface area contributed by atoms with E-state index >= 15 is 0 Å². The molecule has 7 heteroatoms. The maximum absolute atomic E-state index is 12.1. The first kappa shape index (κ1) is 45.1. The molecule has 7 nitrogen and oxygen atoms in total. The van der Waals surface area contributed by atoms with Crippen molar-refractivity contribution >= 4 is 69.4 Å². The Hall–Kier alpha value is -9.59. The molecule has 0 unspecified atom stereocenters. The first-order valence-corrected chi connectivity index (χ1v) is 25.9. The Labute approximate surface area is 440 Å². The van der Waals surface area contributed by atoms with Crippen LogP contribution in [0.3, 0.4) is 0 Å². The summed E-state index contributed by atoms with van der Waals surface area (Å²) in [5.41, 5.74) is 25.1. The number of aromatic carboxylic acids is 1. The van der Waals surface area contributed by atoms with Crippen LogP contribution in [0.25, 0.3) is 102 Å². The average molecular weight is 982 g/mol. The molecule has 3 aromatic heterocycles. The largest absolute Gasteiger partial charge is 0.478 e. The molecular weight excluding hydrogens is 931 g/mol. The molecule has 10 aromatic rings. The Morgan fingerprint density at radius 1 is 0.408 bits per heavy atom. The molecular formula is C69H51N5O2. The number of hydrogen-bond donors (Lipinski definition) is 3. The van der Waals surface area contributed by atoms with Gasteiger partial charge in [-0.05, 0) is 146 Å². The van der Waals surface area contributed by atoms with Crippen molar-refractivity contribution in [2.45, 2.75) is 38.5 Å². The lowest BCUT2D eigenvalue weighted by molar-refractivity contribution is 0.0697. The van der Waals surface area contributed by atoms with Gasteiger partial charge in [-0.25, -0.2) is 14.8 Å². The van der Waals surface area contributed by atoms with Crippen molar-refractivity contribution in [3.8, 4) is 55.6 Å². The fraction of sp³-hybridized carbons (Fsp3) is 0.0870. The molecule has 2 aliphatic heterocycles. The number of fused-ring (bicyclic) bond motifs is 14. The molecule has 0 saturated carbocycles. The topological polar surface area (TPSA) is 97.9 Å². The van der Waals surface area contributed by atoms with Crippen LogP contribution in [-0.4, -0.2) is 31.0 Å². The molecule has 5 heterocycles. The lowest BCUT2D eigenvalue weighted by atomic mass is 9.82. The summed E-state index contributed by atoms with van der Waals surface area (Å²) in [6.07, 6.45) is 8.46. The van der Waals surface area contributed by atoms with Crippen molar-refractivity contribution in [2.24, 2.45) is 0 Å². The minimum atomic E-state index is -0.977. The van der Waals surface area contributed by atoms with Crippen molar-refractivity contribution in [3.05, 3.63) is 245 Å². The number of anilines is 3. The summed E-state index contributed by atoms with van der Waals surface area (Å²) in [6.45, 7) is 9.37. The number of aromatic amines is 2. The van der Waals surface area contributed by atoms with Gasteiger partial charge in [0.1, 0.15) is 0 Å². The number of nitrogens with one attached hydrogen (secondary N) is 2. The number of hydrogen-bond acceptors (Lipinski definition) is 4. The van der Waals surface area contributed by atoms with Crippen molar-refractivity contribution in [1.29, 1.82) is 0 Å². The van der Waals surface area contributed by atoms with E-state index in [4.69, 9.17) is 9.97 Å². The van der Waals surface area contributed by atoms with Gasteiger partial charge in [0.2, 0.25) is 0 Å². The Bertz CT molecular complexity index is 4160. The third-order valence-corrected chi connectivity index (χ3v) is 16.1. The number of carboxylic acid groups (broad SMARTS) is 1. The summed E-state index contributed by atoms with van der Waals surface area (Å²) in [6, 6.07) is 68.1. The normalized spacial score (nSPS) is 14.0. The van der Waals surface area contributed by atoms with Crippen LogP contribution in [0.5, 0.6) is 0 Å². The van der Waals surface area contributed by atoms with Crippen LogP contribution in [-0.2, 0) is 10.8 Å². The Balaban J connectivity index is 1.11. The molecule has 7 aromatic carbocycles. The Morgan fingerprint density at radius 2 is 0.789 bits per heavy atom. The van der Waals surface area contributed by atoms with E-state index < -0.39 is 5.97 Å². The van der Waals surface area contributed by atoms with E-state index in [1.54, 1.807) is 12.1 Å². The second-order valence-corrected chi connectivity index (χ2v) is 21.2. The molecule has 0 amide bonds. The van der Waals surface area contributed by atoms with Crippen LogP contribution in [0.1, 0.15) is 83.1 Å². The van der Waals surface area contributed by atoms with Crippen molar-refractivity contribution in [1.82, 2.24) is 19.9 Å². The highest BCUT2D eigenvalue weighted by atomic mass is 16.4. The van der Waals surface area contributed by atoms with E-state index in [-0.39, 0.29) is 16.4 Å². The van der Waals surface area contributed by atoms with Crippen LogP contribution in [0.4, 0.5) is 17.1 Å². The minimum absolute atomic E-state index is 0.215. The van der Waals surface area contributed by atoms with Crippen molar-refractivity contribution in [3.63, 3.8) is 0 Å². The monoisotopic (exact) mass is 981 g/mol. The van der Waals surface area contributed by atoms with Gasteiger partial charge in [-0.15, -0.1) is 0 Å². The van der Waals surface area contributed by atoms with Gasteiger partial charge in [-0.2, -0.15) is 0 Å². The van der Waals surface area contributed by atoms with E-state index in [0.717, 1.165) is 95.3 Å². The molecule has 8 bridgehead atoms. The fourth-order valence-electron chi connectivity index (χ4n) is 12.4. The highest BCUT2D eigenvalue weighted by Gasteiger charge is 2.38. The van der Waals surface area contributed by atoms with E-state index in [1.165, 1.54) is 44.5 Å². The first-order chi connectivity index (χ1) is 37.0. The highest BCUT2D eigenvalue weighted by molar-refractivity contribution is 6.02. The number of carboxylic acids is 1. The van der Waals surface area contributed by atoms with Crippen LogP contribution in [0.2, 0.25) is 0 Å². The number of aromatic nitrogens is 4. The third-order valence-electron chi connectivity index (χ3n) is 16.1. The van der Waals surface area contributed by atoms with Gasteiger partial charge in [0.05, 0.1) is 39.5 Å². The van der Waals surface area contributed by atoms with Crippen molar-refractivity contribution < 1.29 is 9.90 Å². The molecule has 364 valence electrons. The second kappa shape index (κ2) is 17.0. The van der Waals surface area contributed by atoms with E-state index in [0.29, 0.717) is 0 Å². The van der Waals surface area contributed by atoms with E-state index in [9.17, 15) is 9.90 Å². The number of nitrogens with zero attached hydrogens (tertiary/aromatic N) is 3. The molecule has 14 rings (SSSR count). The van der Waals surface area contributed by atoms with Gasteiger partial charge >= 0.3 is 5.97 Å². The standard InChI is InChI=1S/C69H51N5O2/c1-68(2)51-21-13-11-19-47(51)49-29-27-45(39-53(49)68)74(46-28-30-50-48-20-12-14-22-52(48)69(3,4)54(50)40-46)66-61-37-35-59(72-61)63(41-15-7-5-8-16-41)55-31-33-57(70-55)65(43-23-25-44(26-24-43)67(75)76)58-34-32-56(71-58)64(42-17-9-6-10-18-42)60-36-38-62(66)73-60/h5-40,70,73H,1-4H3,(H,75,76). The zero-order valence-corrected chi connectivity index (χ0v) is 42.5. The van der Waals surface area contributed by atoms with Crippen LogP contribution in [0.15, 0.2) is 194 Å². The maximum Gasteiger partial charge on any atom is 0.335 e. The van der Waals surface area contributed by atoms with Crippen LogP contribution in [0, 0.1) is 0 Å². The quantitative estimate of drug-likeness (QED) is 0.148. The summed E-state index contributed by atoms with van der Waals surface area (Å²) in [7, 11) is 0. The van der Waals surface area contributed by atoms with Gasteiger partial charge in [0.25, 0.3) is 0 Å². The fourth-order valence-corrected chi connectivity index (χ4v) is 12.4. The summed E-state index contributed by atoms with van der Waals surface area (Å²) in [5.74, 6) is -0.977. The number of rotatable bonds is 7. The SMILES string of the molecule is CC1(C)c2ccccc2-c2ccc(N(c3ccc4c(c3)C(C)(C)c3ccccc3-4)c3c4nc(c(-c5ccccc5)c5ccc([nH]5)c(-c5ccc(C(=O)O)cc5)c5nc(c(-c6ccccc6)c6ccc3[nH]6)C=C5)C=C4)cc21. The molecule has 3 N–H and O–H groups in total. The molecule has 0 fully saturated rings. The van der Waals surface area contributed by atoms with Gasteiger partial charge in [-0.1, -0.05) is 161 Å². The van der Waals surface area contributed by atoms with E-state index in [1.807, 2.05) is 24.3 Å². The maximum atomic E-state index is 12.1. The molecule has 0 saturated heterocycles. The summed E-state index contributed by atoms with van der Waals surface area (Å²) in [5, 5.41) is 9.88. The highest BCUT2D eigenvalue weighted by Crippen LogP contribution is 2.54. The first-order valence-electron chi connectivity index (χ1n) is 25.9. The average Bonchev–Trinajstić information content (AvgIpc) is 4.36. The predicted octanol–water partition coefficient (Wildman–Crippen LogP) is 17.4. The van der Waals surface area contributed by atoms with Gasteiger partial charge in [0.15, 0.2) is 0 Å². The summed E-state index contributed by atoms with van der Waals surface area (Å²) < 4.78 is 0. The van der Waals surface area contributed by atoms with Crippen molar-refractivity contribution in [2.75, 3.05) is 4.90 Å². The zero-order chi connectivity index (χ0) is 51.5. The van der Waals surface area contributed by atoms with Gasteiger partial charge in [0, 0.05) is 55.4 Å². The molecule has 0 radical (unpaired) electrons. The molecule has 76 heavy (non-hydrogen) atoms. The van der Waals surface area contributed by atoms with Crippen LogP contribution >= 0.6 is 0 Å². The Kier molecular flexibility index (Phi) is 10.1. The minimum Gasteiger partial charge on any atom is -0.478 e. The lowest BCUT2D eigenvalue weighted by Crippen LogP contribution is -2.18. The molecule has 0 spiro atoms. The second-order valence-electron chi connectivity index (χ2n) is 21.2. The number of carbonyl (C=O) groups is 1. The van der Waals surface area contributed by atoms with Gasteiger partial charge in [-0.3, -0.25) is 0 Å². The number of H-pyrrole nitrogens is 2. The molecule has 4 aliphatic rings. The van der Waals surface area contributed by atoms with Crippen LogP contribution < -0.4 is 4.90 Å². The van der Waals surface area contributed by atoms with Gasteiger partial charge < -0.3 is 20.0 Å². The summed E-state index contributed by atoms with van der Waals surface area (Å²) >= 11 is 0. The summed E-state index contributed by atoms with van der Waals surface area (Å²) in [4.78, 5) is 33.6. The lowest BCUT2D eigenvalue weighted by Gasteiger charge is -2.30. The smallest absolute Gasteiger partial charge is 0.335 e. The Morgan fingerprint density at radius 3 is 1.26 bits per heavy atom. The number of benzene rings is 7. The predicted molar refractivity (Wildman–Crippen MR) is 312 cm³/mol. The van der Waals surface area contributed by atoms with E-state index in [2.05, 4.69) is 225 Å². The molecule has 0 atom stereocenters. The zero-order valence-electron chi connectivity index (χ0n) is 42.5.